The van der Waals surface area contributed by atoms with E-state index in [1.54, 1.807) is 18.2 Å². The number of carbonyl (C=O) groups is 1. The molecule has 120 valence electrons. The Morgan fingerprint density at radius 3 is 2.29 bits per heavy atom. The normalized spacial score (nSPS) is 11.1. The van der Waals surface area contributed by atoms with Gasteiger partial charge in [-0.25, -0.2) is 4.79 Å². The van der Waals surface area contributed by atoms with Crippen molar-refractivity contribution in [1.82, 2.24) is 0 Å². The molecule has 0 radical (unpaired) electrons. The van der Waals surface area contributed by atoms with Crippen molar-refractivity contribution < 1.29 is 9.21 Å². The number of carbonyl (C=O) groups excluding carboxylic acids is 1. The molecule has 1 heterocycles. The molecule has 0 aliphatic rings. The number of nitrogens with zero attached hydrogens (tertiary/aromatic N) is 1. The molecule has 0 bridgehead atoms. The summed E-state index contributed by atoms with van der Waals surface area (Å²) in [5, 5.41) is 0.871. The predicted octanol–water partition coefficient (Wildman–Crippen LogP) is 3.84. The predicted molar refractivity (Wildman–Crippen MR) is 97.6 cm³/mol. The van der Waals surface area contributed by atoms with Crippen LogP contribution >= 0.6 is 0 Å². The molecular formula is C20H17NO3. The molecule has 0 amide bonds. The van der Waals surface area contributed by atoms with Crippen LogP contribution in [0, 0.1) is 0 Å². The third-order valence-electron chi connectivity index (χ3n) is 3.79. The van der Waals surface area contributed by atoms with Crippen LogP contribution in [0.2, 0.25) is 0 Å². The van der Waals surface area contributed by atoms with Gasteiger partial charge in [-0.1, -0.05) is 30.3 Å². The van der Waals surface area contributed by atoms with E-state index >= 15 is 0 Å². The van der Waals surface area contributed by atoms with Crippen molar-refractivity contribution in [1.29, 1.82) is 0 Å². The summed E-state index contributed by atoms with van der Waals surface area (Å²) in [5.74, 6) is 0. The van der Waals surface area contributed by atoms with E-state index in [1.807, 2.05) is 61.5 Å². The smallest absolute Gasteiger partial charge is 0.343 e. The number of anilines is 1. The number of hydrogen-bond donors (Lipinski definition) is 0. The fourth-order valence-corrected chi connectivity index (χ4v) is 2.38. The molecule has 3 rings (SSSR count). The Labute approximate surface area is 139 Å². The SMILES string of the molecule is CN(C)c1ccc2cc(C=Cc3ccc(C=O)cc3)c(=O)oc2c1. The van der Waals surface area contributed by atoms with E-state index in [4.69, 9.17) is 4.42 Å². The second-order valence-corrected chi connectivity index (χ2v) is 5.72. The summed E-state index contributed by atoms with van der Waals surface area (Å²) in [5.41, 5.74) is 3.18. The van der Waals surface area contributed by atoms with E-state index in [-0.39, 0.29) is 5.63 Å². The largest absolute Gasteiger partial charge is 0.422 e. The van der Waals surface area contributed by atoms with E-state index in [0.29, 0.717) is 16.7 Å². The summed E-state index contributed by atoms with van der Waals surface area (Å²) < 4.78 is 5.43. The highest BCUT2D eigenvalue weighted by molar-refractivity contribution is 5.83. The average molecular weight is 319 g/mol. The maximum Gasteiger partial charge on any atom is 0.343 e. The van der Waals surface area contributed by atoms with E-state index in [0.717, 1.165) is 22.9 Å². The van der Waals surface area contributed by atoms with Gasteiger partial charge in [0.25, 0.3) is 0 Å². The lowest BCUT2D eigenvalue weighted by molar-refractivity contribution is 0.112. The monoisotopic (exact) mass is 319 g/mol. The summed E-state index contributed by atoms with van der Waals surface area (Å²) in [6.45, 7) is 0. The summed E-state index contributed by atoms with van der Waals surface area (Å²) in [7, 11) is 3.87. The number of rotatable bonds is 4. The van der Waals surface area contributed by atoms with Crippen LogP contribution in [-0.2, 0) is 0 Å². The molecule has 0 aliphatic carbocycles. The first kappa shape index (κ1) is 15.7. The number of fused-ring (bicyclic) bond motifs is 1. The molecule has 24 heavy (non-hydrogen) atoms. The lowest BCUT2D eigenvalue weighted by Gasteiger charge is -2.12. The van der Waals surface area contributed by atoms with Gasteiger partial charge in [0.15, 0.2) is 0 Å². The van der Waals surface area contributed by atoms with Crippen LogP contribution in [0.25, 0.3) is 23.1 Å². The van der Waals surface area contributed by atoms with Crippen molar-refractivity contribution in [2.45, 2.75) is 0 Å². The second-order valence-electron chi connectivity index (χ2n) is 5.72. The van der Waals surface area contributed by atoms with Crippen LogP contribution in [-0.4, -0.2) is 20.4 Å². The van der Waals surface area contributed by atoms with Crippen LogP contribution in [0.3, 0.4) is 0 Å². The average Bonchev–Trinajstić information content (AvgIpc) is 2.59. The fraction of sp³-hybridized carbons (Fsp3) is 0.100. The highest BCUT2D eigenvalue weighted by atomic mass is 16.4. The Hall–Kier alpha value is -3.14. The summed E-state index contributed by atoms with van der Waals surface area (Å²) in [4.78, 5) is 24.8. The maximum atomic E-state index is 12.2. The van der Waals surface area contributed by atoms with Gasteiger partial charge in [-0.05, 0) is 29.8 Å². The zero-order chi connectivity index (χ0) is 17.1. The molecule has 0 atom stereocenters. The topological polar surface area (TPSA) is 50.5 Å². The molecule has 1 aromatic heterocycles. The Morgan fingerprint density at radius 1 is 0.917 bits per heavy atom. The van der Waals surface area contributed by atoms with Gasteiger partial charge in [-0.15, -0.1) is 0 Å². The van der Waals surface area contributed by atoms with E-state index in [1.165, 1.54) is 0 Å². The molecular weight excluding hydrogens is 302 g/mol. The van der Waals surface area contributed by atoms with Crippen molar-refractivity contribution in [2.24, 2.45) is 0 Å². The summed E-state index contributed by atoms with van der Waals surface area (Å²) in [6, 6.07) is 14.7. The van der Waals surface area contributed by atoms with Crippen molar-refractivity contribution >= 4 is 35.1 Å². The Bertz CT molecular complexity index is 966. The van der Waals surface area contributed by atoms with Gasteiger partial charge in [0.05, 0.1) is 5.56 Å². The van der Waals surface area contributed by atoms with E-state index in [2.05, 4.69) is 0 Å². The van der Waals surface area contributed by atoms with Gasteiger partial charge >= 0.3 is 5.63 Å². The molecule has 0 fully saturated rings. The van der Waals surface area contributed by atoms with Gasteiger partial charge in [0.2, 0.25) is 0 Å². The van der Waals surface area contributed by atoms with Crippen LogP contribution in [0.1, 0.15) is 21.5 Å². The van der Waals surface area contributed by atoms with Crippen molar-refractivity contribution in [2.75, 3.05) is 19.0 Å². The Balaban J connectivity index is 1.95. The van der Waals surface area contributed by atoms with Crippen molar-refractivity contribution in [3.63, 3.8) is 0 Å². The van der Waals surface area contributed by atoms with E-state index in [9.17, 15) is 9.59 Å². The van der Waals surface area contributed by atoms with Crippen LogP contribution in [0.4, 0.5) is 5.69 Å². The molecule has 0 spiro atoms. The second kappa shape index (κ2) is 6.54. The first-order chi connectivity index (χ1) is 11.6. The molecule has 0 N–H and O–H groups in total. The maximum absolute atomic E-state index is 12.2. The minimum absolute atomic E-state index is 0.376. The zero-order valence-corrected chi connectivity index (χ0v) is 13.5. The number of aldehydes is 1. The van der Waals surface area contributed by atoms with Gasteiger partial charge in [0, 0.05) is 36.8 Å². The fourth-order valence-electron chi connectivity index (χ4n) is 2.38. The Kier molecular flexibility index (Phi) is 4.29. The standard InChI is InChI=1S/C20H17NO3/c1-21(2)18-10-9-16-11-17(20(23)24-19(16)12-18)8-7-14-3-5-15(13-22)6-4-14/h3-13H,1-2H3. The molecule has 2 aromatic carbocycles. The highest BCUT2D eigenvalue weighted by Gasteiger charge is 2.05. The third kappa shape index (κ3) is 3.27. The minimum atomic E-state index is -0.376. The van der Waals surface area contributed by atoms with Crippen LogP contribution in [0.5, 0.6) is 0 Å². The lowest BCUT2D eigenvalue weighted by atomic mass is 10.1. The number of benzene rings is 2. The molecule has 0 saturated carbocycles. The zero-order valence-electron chi connectivity index (χ0n) is 13.5. The summed E-state index contributed by atoms with van der Waals surface area (Å²) in [6.07, 6.45) is 4.34. The Morgan fingerprint density at radius 2 is 1.62 bits per heavy atom. The first-order valence-electron chi connectivity index (χ1n) is 7.55. The minimum Gasteiger partial charge on any atom is -0.422 e. The van der Waals surface area contributed by atoms with Crippen LogP contribution < -0.4 is 10.5 Å². The van der Waals surface area contributed by atoms with Crippen molar-refractivity contribution in [3.05, 3.63) is 75.6 Å². The van der Waals surface area contributed by atoms with Gasteiger partial charge in [-0.3, -0.25) is 4.79 Å². The first-order valence-corrected chi connectivity index (χ1v) is 7.55. The molecule has 4 nitrogen and oxygen atoms in total. The summed E-state index contributed by atoms with van der Waals surface area (Å²) >= 11 is 0. The molecule has 0 aliphatic heterocycles. The van der Waals surface area contributed by atoms with Gasteiger partial charge in [-0.2, -0.15) is 0 Å². The van der Waals surface area contributed by atoms with Crippen LogP contribution in [0.15, 0.2) is 57.7 Å². The quantitative estimate of drug-likeness (QED) is 0.541. The number of hydrogen-bond acceptors (Lipinski definition) is 4. The third-order valence-corrected chi connectivity index (χ3v) is 3.79. The highest BCUT2D eigenvalue weighted by Crippen LogP contribution is 2.21. The van der Waals surface area contributed by atoms with E-state index < -0.39 is 0 Å². The molecule has 3 aromatic rings. The lowest BCUT2D eigenvalue weighted by Crippen LogP contribution is -2.08. The van der Waals surface area contributed by atoms with Gasteiger partial charge in [0.1, 0.15) is 11.9 Å². The van der Waals surface area contributed by atoms with Crippen molar-refractivity contribution in [3.8, 4) is 0 Å². The molecule has 0 saturated heterocycles. The van der Waals surface area contributed by atoms with Gasteiger partial charge < -0.3 is 9.32 Å². The molecule has 4 heteroatoms. The molecule has 0 unspecified atom stereocenters.